The van der Waals surface area contributed by atoms with Crippen molar-refractivity contribution in [3.63, 3.8) is 0 Å². The highest BCUT2D eigenvalue weighted by Gasteiger charge is 2.05. The van der Waals surface area contributed by atoms with Crippen LogP contribution in [0.4, 0.5) is 0 Å². The summed E-state index contributed by atoms with van der Waals surface area (Å²) in [5.74, 6) is 0. The smallest absolute Gasteiger partial charge is 0.0295 e. The van der Waals surface area contributed by atoms with Crippen LogP contribution in [0.5, 0.6) is 0 Å². The van der Waals surface area contributed by atoms with Crippen molar-refractivity contribution in [3.8, 4) is 0 Å². The second kappa shape index (κ2) is 6.88. The molecule has 1 unspecified atom stereocenters. The fourth-order valence-electron chi connectivity index (χ4n) is 2.06. The number of nitrogens with one attached hydrogen (secondary N) is 1. The fourth-order valence-corrected chi connectivity index (χ4v) is 2.47. The van der Waals surface area contributed by atoms with E-state index in [1.165, 1.54) is 16.7 Å². The van der Waals surface area contributed by atoms with Crippen LogP contribution in [0.1, 0.15) is 36.6 Å². The molecule has 0 aliphatic carbocycles. The Bertz CT molecular complexity index is 519. The van der Waals surface area contributed by atoms with Gasteiger partial charge in [-0.15, -0.1) is 0 Å². The molecule has 1 nitrogen and oxygen atoms in total. The van der Waals surface area contributed by atoms with E-state index >= 15 is 0 Å². The SMILES string of the molecule is CCc1ccc(CNC(C)c2cccc(Br)c2)cc1. The van der Waals surface area contributed by atoms with E-state index in [0.29, 0.717) is 6.04 Å². The predicted octanol–water partition coefficient (Wildman–Crippen LogP) is 4.86. The minimum Gasteiger partial charge on any atom is -0.306 e. The van der Waals surface area contributed by atoms with Crippen molar-refractivity contribution >= 4 is 15.9 Å². The average molecular weight is 318 g/mol. The molecule has 1 atom stereocenters. The maximum Gasteiger partial charge on any atom is 0.0295 e. The van der Waals surface area contributed by atoms with Gasteiger partial charge in [0.2, 0.25) is 0 Å². The Hall–Kier alpha value is -1.12. The Balaban J connectivity index is 1.94. The zero-order valence-corrected chi connectivity index (χ0v) is 13.1. The molecular formula is C17H20BrN. The van der Waals surface area contributed by atoms with Gasteiger partial charge in [-0.25, -0.2) is 0 Å². The standard InChI is InChI=1S/C17H20BrN/c1-3-14-7-9-15(10-8-14)12-19-13(2)16-5-4-6-17(18)11-16/h4-11,13,19H,3,12H2,1-2H3. The van der Waals surface area contributed by atoms with Gasteiger partial charge in [0.25, 0.3) is 0 Å². The number of hydrogen-bond donors (Lipinski definition) is 1. The first-order chi connectivity index (χ1) is 9.19. The van der Waals surface area contributed by atoms with Gasteiger partial charge in [-0.05, 0) is 42.2 Å². The summed E-state index contributed by atoms with van der Waals surface area (Å²) in [7, 11) is 0. The summed E-state index contributed by atoms with van der Waals surface area (Å²) in [6.45, 7) is 5.28. The van der Waals surface area contributed by atoms with E-state index in [9.17, 15) is 0 Å². The van der Waals surface area contributed by atoms with E-state index in [1.807, 2.05) is 0 Å². The summed E-state index contributed by atoms with van der Waals surface area (Å²) >= 11 is 3.51. The number of halogens is 1. The molecule has 2 aromatic carbocycles. The fraction of sp³-hybridized carbons (Fsp3) is 0.294. The molecule has 2 heteroatoms. The van der Waals surface area contributed by atoms with E-state index in [-0.39, 0.29) is 0 Å². The van der Waals surface area contributed by atoms with Crippen LogP contribution in [0.15, 0.2) is 53.0 Å². The minimum atomic E-state index is 0.350. The van der Waals surface area contributed by atoms with Crippen molar-refractivity contribution in [2.24, 2.45) is 0 Å². The zero-order valence-electron chi connectivity index (χ0n) is 11.5. The van der Waals surface area contributed by atoms with Crippen LogP contribution in [0.25, 0.3) is 0 Å². The van der Waals surface area contributed by atoms with Crippen molar-refractivity contribution in [1.82, 2.24) is 5.32 Å². The second-order valence-electron chi connectivity index (χ2n) is 4.83. The Morgan fingerprint density at radius 3 is 2.37 bits per heavy atom. The molecule has 0 radical (unpaired) electrons. The lowest BCUT2D eigenvalue weighted by Gasteiger charge is -2.15. The summed E-state index contributed by atoms with van der Waals surface area (Å²) in [6.07, 6.45) is 1.10. The maximum absolute atomic E-state index is 3.56. The van der Waals surface area contributed by atoms with Gasteiger partial charge in [0.15, 0.2) is 0 Å². The molecule has 100 valence electrons. The first-order valence-corrected chi connectivity index (χ1v) is 7.55. The third-order valence-corrected chi connectivity index (χ3v) is 3.89. The van der Waals surface area contributed by atoms with Gasteiger partial charge >= 0.3 is 0 Å². The Morgan fingerprint density at radius 1 is 1.05 bits per heavy atom. The minimum absolute atomic E-state index is 0.350. The zero-order chi connectivity index (χ0) is 13.7. The molecule has 19 heavy (non-hydrogen) atoms. The quantitative estimate of drug-likeness (QED) is 0.830. The molecule has 0 spiro atoms. The number of benzene rings is 2. The van der Waals surface area contributed by atoms with Crippen LogP contribution in [0.3, 0.4) is 0 Å². The van der Waals surface area contributed by atoms with Crippen LogP contribution >= 0.6 is 15.9 Å². The summed E-state index contributed by atoms with van der Waals surface area (Å²) in [5, 5.41) is 3.56. The summed E-state index contributed by atoms with van der Waals surface area (Å²) in [4.78, 5) is 0. The lowest BCUT2D eigenvalue weighted by atomic mass is 10.1. The number of rotatable bonds is 5. The molecule has 0 bridgehead atoms. The normalized spacial score (nSPS) is 12.4. The van der Waals surface area contributed by atoms with Gasteiger partial charge in [-0.3, -0.25) is 0 Å². The van der Waals surface area contributed by atoms with E-state index in [2.05, 4.69) is 83.6 Å². The highest BCUT2D eigenvalue weighted by Crippen LogP contribution is 2.18. The van der Waals surface area contributed by atoms with Crippen molar-refractivity contribution in [3.05, 3.63) is 69.7 Å². The van der Waals surface area contributed by atoms with Gasteiger partial charge in [0.1, 0.15) is 0 Å². The van der Waals surface area contributed by atoms with Gasteiger partial charge in [0.05, 0.1) is 0 Å². The molecule has 0 fully saturated rings. The monoisotopic (exact) mass is 317 g/mol. The van der Waals surface area contributed by atoms with Gasteiger partial charge in [0, 0.05) is 17.1 Å². The highest BCUT2D eigenvalue weighted by molar-refractivity contribution is 9.10. The number of hydrogen-bond acceptors (Lipinski definition) is 1. The molecule has 2 aromatic rings. The van der Waals surface area contributed by atoms with Crippen LogP contribution in [0, 0.1) is 0 Å². The van der Waals surface area contributed by atoms with Crippen LogP contribution in [-0.4, -0.2) is 0 Å². The van der Waals surface area contributed by atoms with Crippen molar-refractivity contribution < 1.29 is 0 Å². The first kappa shape index (κ1) is 14.3. The molecular weight excluding hydrogens is 298 g/mol. The first-order valence-electron chi connectivity index (χ1n) is 6.75. The summed E-state index contributed by atoms with van der Waals surface area (Å²) in [6, 6.07) is 17.6. The Labute approximate surface area is 124 Å². The van der Waals surface area contributed by atoms with E-state index in [0.717, 1.165) is 17.4 Å². The second-order valence-corrected chi connectivity index (χ2v) is 5.74. The lowest BCUT2D eigenvalue weighted by molar-refractivity contribution is 0.574. The molecule has 0 saturated heterocycles. The van der Waals surface area contributed by atoms with Crippen molar-refractivity contribution in [2.75, 3.05) is 0 Å². The van der Waals surface area contributed by atoms with Gasteiger partial charge < -0.3 is 5.32 Å². The third-order valence-electron chi connectivity index (χ3n) is 3.39. The Morgan fingerprint density at radius 2 is 1.74 bits per heavy atom. The predicted molar refractivity (Wildman–Crippen MR) is 85.2 cm³/mol. The molecule has 1 N–H and O–H groups in total. The van der Waals surface area contributed by atoms with E-state index in [1.54, 1.807) is 0 Å². The largest absolute Gasteiger partial charge is 0.306 e. The summed E-state index contributed by atoms with van der Waals surface area (Å²) < 4.78 is 1.13. The van der Waals surface area contributed by atoms with E-state index < -0.39 is 0 Å². The van der Waals surface area contributed by atoms with Gasteiger partial charge in [-0.2, -0.15) is 0 Å². The van der Waals surface area contributed by atoms with Gasteiger partial charge in [-0.1, -0.05) is 59.3 Å². The maximum atomic E-state index is 3.56. The topological polar surface area (TPSA) is 12.0 Å². The molecule has 0 aromatic heterocycles. The van der Waals surface area contributed by atoms with Crippen molar-refractivity contribution in [2.45, 2.75) is 32.9 Å². The number of aryl methyl sites for hydroxylation is 1. The van der Waals surface area contributed by atoms with Crippen LogP contribution in [0.2, 0.25) is 0 Å². The summed E-state index contributed by atoms with van der Waals surface area (Å²) in [5.41, 5.74) is 4.03. The molecule has 0 heterocycles. The molecule has 2 rings (SSSR count). The third kappa shape index (κ3) is 4.19. The van der Waals surface area contributed by atoms with Crippen molar-refractivity contribution in [1.29, 1.82) is 0 Å². The lowest BCUT2D eigenvalue weighted by Crippen LogP contribution is -2.18. The molecule has 0 aliphatic heterocycles. The molecule has 0 aliphatic rings. The Kier molecular flexibility index (Phi) is 5.17. The van der Waals surface area contributed by atoms with E-state index in [4.69, 9.17) is 0 Å². The van der Waals surface area contributed by atoms with Crippen LogP contribution < -0.4 is 5.32 Å². The highest BCUT2D eigenvalue weighted by atomic mass is 79.9. The molecule has 0 saturated carbocycles. The average Bonchev–Trinajstić information content (AvgIpc) is 2.45. The molecule has 0 amide bonds. The van der Waals surface area contributed by atoms with Crippen LogP contribution in [-0.2, 0) is 13.0 Å².